The Morgan fingerprint density at radius 2 is 1.92 bits per heavy atom. The second-order valence-electron chi connectivity index (χ2n) is 5.78. The quantitative estimate of drug-likeness (QED) is 0.604. The molecule has 0 radical (unpaired) electrons. The zero-order valence-electron chi connectivity index (χ0n) is 13.7. The van der Waals surface area contributed by atoms with Crippen LogP contribution >= 0.6 is 15.9 Å². The molecule has 0 spiro atoms. The molecule has 3 rings (SSSR count). The van der Waals surface area contributed by atoms with E-state index < -0.39 is 0 Å². The Morgan fingerprint density at radius 3 is 2.60 bits per heavy atom. The first-order chi connectivity index (χ1) is 12.2. The summed E-state index contributed by atoms with van der Waals surface area (Å²) in [5.74, 6) is 0.225. The Bertz CT molecular complexity index is 726. The molecular weight excluding hydrogens is 382 g/mol. The van der Waals surface area contributed by atoms with E-state index in [0.717, 1.165) is 29.6 Å². The minimum atomic E-state index is -0.198. The number of aliphatic imine (C=N–C) groups is 1. The molecule has 0 aromatic heterocycles. The van der Waals surface area contributed by atoms with E-state index in [1.54, 1.807) is 12.1 Å². The zero-order chi connectivity index (χ0) is 17.5. The van der Waals surface area contributed by atoms with E-state index in [1.165, 1.54) is 0 Å². The molecule has 1 amide bonds. The lowest BCUT2D eigenvalue weighted by Gasteiger charge is -2.13. The molecule has 2 aromatic rings. The van der Waals surface area contributed by atoms with Gasteiger partial charge in [0.25, 0.3) is 5.91 Å². The van der Waals surface area contributed by atoms with Gasteiger partial charge in [-0.15, -0.1) is 0 Å². The van der Waals surface area contributed by atoms with Gasteiger partial charge in [-0.05, 0) is 49.2 Å². The summed E-state index contributed by atoms with van der Waals surface area (Å²) in [5, 5.41) is 6.03. The van der Waals surface area contributed by atoms with E-state index in [9.17, 15) is 4.79 Å². The molecule has 130 valence electrons. The summed E-state index contributed by atoms with van der Waals surface area (Å²) >= 11 is 3.41. The van der Waals surface area contributed by atoms with E-state index in [1.807, 2.05) is 42.5 Å². The van der Waals surface area contributed by atoms with Gasteiger partial charge in [-0.25, -0.2) is 4.99 Å². The number of nitrogens with zero attached hydrogens (tertiary/aromatic N) is 1. The highest BCUT2D eigenvalue weighted by Gasteiger charge is 2.16. The molecule has 0 bridgehead atoms. The van der Waals surface area contributed by atoms with Gasteiger partial charge in [0.15, 0.2) is 0 Å². The number of ether oxygens (including phenoxy) is 1. The Morgan fingerprint density at radius 1 is 1.16 bits per heavy atom. The maximum absolute atomic E-state index is 12.4. The molecule has 1 aliphatic heterocycles. The molecule has 1 heterocycles. The van der Waals surface area contributed by atoms with Crippen LogP contribution in [-0.4, -0.2) is 31.1 Å². The second kappa shape index (κ2) is 8.78. The van der Waals surface area contributed by atoms with Crippen molar-refractivity contribution in [2.45, 2.75) is 18.9 Å². The number of halogens is 1. The number of benzene rings is 2. The van der Waals surface area contributed by atoms with Gasteiger partial charge in [-0.1, -0.05) is 34.1 Å². The van der Waals surface area contributed by atoms with Crippen molar-refractivity contribution in [3.8, 4) is 0 Å². The topological polar surface area (TPSA) is 62.7 Å². The second-order valence-corrected chi connectivity index (χ2v) is 6.69. The number of nitrogens with one attached hydrogen (secondary N) is 2. The SMILES string of the molecule is O=C(NC(=NC[C@H]1CCCO1)Nc1ccc(Br)cc1)c1ccccc1. The Balaban J connectivity index is 1.71. The first-order valence-electron chi connectivity index (χ1n) is 8.26. The third-order valence-electron chi connectivity index (χ3n) is 3.85. The van der Waals surface area contributed by atoms with Crippen LogP contribution in [0.2, 0.25) is 0 Å². The molecule has 2 aromatic carbocycles. The van der Waals surface area contributed by atoms with Crippen LogP contribution in [0, 0.1) is 0 Å². The summed E-state index contributed by atoms with van der Waals surface area (Å²) < 4.78 is 6.60. The van der Waals surface area contributed by atoms with Crippen molar-refractivity contribution in [1.82, 2.24) is 5.32 Å². The van der Waals surface area contributed by atoms with Gasteiger partial charge in [-0.2, -0.15) is 0 Å². The van der Waals surface area contributed by atoms with Crippen LogP contribution in [0.15, 0.2) is 64.1 Å². The van der Waals surface area contributed by atoms with Crippen molar-refractivity contribution < 1.29 is 9.53 Å². The molecule has 0 unspecified atom stereocenters. The smallest absolute Gasteiger partial charge is 0.257 e. The van der Waals surface area contributed by atoms with E-state index in [4.69, 9.17) is 4.74 Å². The molecule has 1 fully saturated rings. The third-order valence-corrected chi connectivity index (χ3v) is 4.38. The lowest BCUT2D eigenvalue weighted by Crippen LogP contribution is -2.36. The molecule has 1 saturated heterocycles. The van der Waals surface area contributed by atoms with Crippen molar-refractivity contribution in [2.75, 3.05) is 18.5 Å². The van der Waals surface area contributed by atoms with Gasteiger partial charge in [0.1, 0.15) is 0 Å². The molecule has 25 heavy (non-hydrogen) atoms. The van der Waals surface area contributed by atoms with Crippen molar-refractivity contribution in [3.05, 3.63) is 64.6 Å². The minimum absolute atomic E-state index is 0.121. The molecular formula is C19H20BrN3O2. The average Bonchev–Trinajstić information content (AvgIpc) is 3.16. The number of guanidine groups is 1. The predicted molar refractivity (Wildman–Crippen MR) is 103 cm³/mol. The van der Waals surface area contributed by atoms with Gasteiger partial charge >= 0.3 is 0 Å². The summed E-state index contributed by atoms with van der Waals surface area (Å²) in [6, 6.07) is 16.8. The van der Waals surface area contributed by atoms with Crippen molar-refractivity contribution >= 4 is 33.5 Å². The number of hydrogen-bond acceptors (Lipinski definition) is 3. The van der Waals surface area contributed by atoms with Gasteiger partial charge in [-0.3, -0.25) is 10.1 Å². The number of hydrogen-bond donors (Lipinski definition) is 2. The molecule has 1 aliphatic rings. The number of carbonyl (C=O) groups is 1. The number of anilines is 1. The molecule has 0 saturated carbocycles. The van der Waals surface area contributed by atoms with Crippen LogP contribution in [0.1, 0.15) is 23.2 Å². The standard InChI is InChI=1S/C19H20BrN3O2/c20-15-8-10-16(11-9-15)22-19(21-13-17-7-4-12-25-17)23-18(24)14-5-2-1-3-6-14/h1-3,5-6,8-11,17H,4,7,12-13H2,(H2,21,22,23,24)/t17-/m1/s1. The number of rotatable bonds is 4. The molecule has 6 heteroatoms. The predicted octanol–water partition coefficient (Wildman–Crippen LogP) is 3.83. The molecule has 0 aliphatic carbocycles. The fraction of sp³-hybridized carbons (Fsp3) is 0.263. The summed E-state index contributed by atoms with van der Waals surface area (Å²) in [6.45, 7) is 1.31. The summed E-state index contributed by atoms with van der Waals surface area (Å²) in [6.07, 6.45) is 2.18. The normalized spacial score (nSPS) is 17.3. The van der Waals surface area contributed by atoms with Gasteiger partial charge in [0.05, 0.1) is 12.6 Å². The Labute approximate surface area is 155 Å². The van der Waals surface area contributed by atoms with Crippen LogP contribution in [0.5, 0.6) is 0 Å². The molecule has 2 N–H and O–H groups in total. The molecule has 1 atom stereocenters. The van der Waals surface area contributed by atoms with Crippen molar-refractivity contribution in [3.63, 3.8) is 0 Å². The first kappa shape index (κ1) is 17.6. The number of carbonyl (C=O) groups excluding carboxylic acids is 1. The lowest BCUT2D eigenvalue weighted by molar-refractivity contribution is 0.0975. The highest BCUT2D eigenvalue weighted by Crippen LogP contribution is 2.15. The van der Waals surface area contributed by atoms with Crippen LogP contribution in [0.3, 0.4) is 0 Å². The minimum Gasteiger partial charge on any atom is -0.376 e. The van der Waals surface area contributed by atoms with E-state index in [2.05, 4.69) is 31.6 Å². The maximum Gasteiger partial charge on any atom is 0.257 e. The van der Waals surface area contributed by atoms with Crippen LogP contribution in [-0.2, 0) is 4.74 Å². The van der Waals surface area contributed by atoms with E-state index in [0.29, 0.717) is 18.1 Å². The average molecular weight is 402 g/mol. The maximum atomic E-state index is 12.4. The van der Waals surface area contributed by atoms with Gasteiger partial charge < -0.3 is 10.1 Å². The van der Waals surface area contributed by atoms with Crippen LogP contribution in [0.25, 0.3) is 0 Å². The Kier molecular flexibility index (Phi) is 6.19. The zero-order valence-corrected chi connectivity index (χ0v) is 15.3. The monoisotopic (exact) mass is 401 g/mol. The molecule has 5 nitrogen and oxygen atoms in total. The van der Waals surface area contributed by atoms with Gasteiger partial charge in [0, 0.05) is 22.3 Å². The summed E-state index contributed by atoms with van der Waals surface area (Å²) in [4.78, 5) is 17.0. The van der Waals surface area contributed by atoms with Crippen LogP contribution in [0.4, 0.5) is 5.69 Å². The largest absolute Gasteiger partial charge is 0.376 e. The van der Waals surface area contributed by atoms with Crippen molar-refractivity contribution in [2.24, 2.45) is 4.99 Å². The fourth-order valence-electron chi connectivity index (χ4n) is 2.53. The van der Waals surface area contributed by atoms with Crippen molar-refractivity contribution in [1.29, 1.82) is 0 Å². The highest BCUT2D eigenvalue weighted by atomic mass is 79.9. The highest BCUT2D eigenvalue weighted by molar-refractivity contribution is 9.10. The van der Waals surface area contributed by atoms with Gasteiger partial charge in [0.2, 0.25) is 5.96 Å². The van der Waals surface area contributed by atoms with E-state index >= 15 is 0 Å². The Hall–Kier alpha value is -2.18. The van der Waals surface area contributed by atoms with Crippen LogP contribution < -0.4 is 10.6 Å². The summed E-state index contributed by atoms with van der Waals surface area (Å²) in [5.41, 5.74) is 1.44. The first-order valence-corrected chi connectivity index (χ1v) is 9.05. The van der Waals surface area contributed by atoms with E-state index in [-0.39, 0.29) is 12.0 Å². The fourth-order valence-corrected chi connectivity index (χ4v) is 2.80. The third kappa shape index (κ3) is 5.41. The summed E-state index contributed by atoms with van der Waals surface area (Å²) in [7, 11) is 0. The lowest BCUT2D eigenvalue weighted by atomic mass is 10.2. The number of amides is 1.